The van der Waals surface area contributed by atoms with Gasteiger partial charge in [0.05, 0.1) is 28.6 Å². The number of carbonyl (C=O) groups is 2. The number of aromatic nitrogens is 1. The Morgan fingerprint density at radius 3 is 2.52 bits per heavy atom. The Labute approximate surface area is 237 Å². The van der Waals surface area contributed by atoms with Crippen molar-refractivity contribution >= 4 is 34.5 Å². The van der Waals surface area contributed by atoms with E-state index in [-0.39, 0.29) is 18.1 Å². The van der Waals surface area contributed by atoms with E-state index in [1.807, 2.05) is 54.6 Å². The summed E-state index contributed by atoms with van der Waals surface area (Å²) in [6.45, 7) is 8.20. The number of esters is 1. The van der Waals surface area contributed by atoms with Crippen LogP contribution in [-0.4, -0.2) is 29.6 Å². The Hall–Kier alpha value is -4.04. The van der Waals surface area contributed by atoms with Gasteiger partial charge in [-0.05, 0) is 25.0 Å². The van der Waals surface area contributed by atoms with Crippen molar-refractivity contribution in [1.82, 2.24) is 4.57 Å². The van der Waals surface area contributed by atoms with E-state index in [1.54, 1.807) is 11.8 Å². The summed E-state index contributed by atoms with van der Waals surface area (Å²) in [6, 6.07) is 16.3. The molecule has 1 aromatic heterocycles. The summed E-state index contributed by atoms with van der Waals surface area (Å²) in [6.07, 6.45) is 6.94. The molecule has 0 N–H and O–H groups in total. The van der Waals surface area contributed by atoms with Crippen LogP contribution in [-0.2, 0) is 14.3 Å². The van der Waals surface area contributed by atoms with Crippen molar-refractivity contribution in [2.75, 3.05) is 18.1 Å². The highest BCUT2D eigenvalue weighted by Crippen LogP contribution is 2.36. The van der Waals surface area contributed by atoms with E-state index in [1.165, 1.54) is 28.4 Å². The maximum atomic E-state index is 14.2. The van der Waals surface area contributed by atoms with E-state index in [0.717, 1.165) is 42.5 Å². The maximum absolute atomic E-state index is 14.2. The van der Waals surface area contributed by atoms with Crippen molar-refractivity contribution in [3.8, 4) is 0 Å². The van der Waals surface area contributed by atoms with Gasteiger partial charge in [-0.15, -0.1) is 0 Å². The molecule has 0 aliphatic carbocycles. The first kappa shape index (κ1) is 27.5. The number of unbranched alkanes of at least 4 members (excludes halogenated alkanes) is 4. The van der Waals surface area contributed by atoms with Crippen LogP contribution in [0.2, 0.25) is 0 Å². The lowest BCUT2D eigenvalue weighted by Gasteiger charge is -2.24. The van der Waals surface area contributed by atoms with Crippen LogP contribution in [0.3, 0.4) is 0 Å². The van der Waals surface area contributed by atoms with Crippen LogP contribution in [0.25, 0.3) is 5.57 Å². The molecule has 0 saturated heterocycles. The number of fused-ring (bicyclic) bond motifs is 2. The summed E-state index contributed by atoms with van der Waals surface area (Å²) in [7, 11) is 0. The molecule has 0 spiro atoms. The normalized spacial score (nSPS) is 17.4. The number of rotatable bonds is 10. The Morgan fingerprint density at radius 1 is 1.05 bits per heavy atom. The summed E-state index contributed by atoms with van der Waals surface area (Å²) in [4.78, 5) is 48.2. The minimum Gasteiger partial charge on any atom is -0.458 e. The number of hydrogen-bond donors (Lipinski definition) is 0. The summed E-state index contributed by atoms with van der Waals surface area (Å²) in [5.41, 5.74) is 3.17. The average Bonchev–Trinajstić information content (AvgIpc) is 3.43. The number of allylic oxidation sites excluding steroid dienone is 1. The number of ether oxygens (including phenoxy) is 1. The molecule has 0 radical (unpaired) electrons. The molecule has 3 aromatic rings. The van der Waals surface area contributed by atoms with Gasteiger partial charge in [-0.2, -0.15) is 0 Å². The van der Waals surface area contributed by atoms with Crippen molar-refractivity contribution in [1.29, 1.82) is 0 Å². The first-order valence-electron chi connectivity index (χ1n) is 13.8. The number of anilines is 1. The van der Waals surface area contributed by atoms with Crippen LogP contribution in [0.4, 0.5) is 5.69 Å². The predicted molar refractivity (Wildman–Crippen MR) is 158 cm³/mol. The van der Waals surface area contributed by atoms with E-state index < -0.39 is 12.0 Å². The minimum atomic E-state index is -0.731. The molecule has 2 aromatic carbocycles. The van der Waals surface area contributed by atoms with E-state index >= 15 is 0 Å². The Kier molecular flexibility index (Phi) is 8.26. The van der Waals surface area contributed by atoms with Crippen molar-refractivity contribution in [2.24, 2.45) is 4.99 Å². The molecular formula is C32H33N3O4S. The lowest BCUT2D eigenvalue weighted by Crippen LogP contribution is -2.41. The van der Waals surface area contributed by atoms with Crippen LogP contribution >= 0.6 is 11.3 Å². The highest BCUT2D eigenvalue weighted by Gasteiger charge is 2.37. The van der Waals surface area contributed by atoms with Gasteiger partial charge in [0.15, 0.2) is 4.80 Å². The topological polar surface area (TPSA) is 81.0 Å². The van der Waals surface area contributed by atoms with Crippen LogP contribution in [0.1, 0.15) is 63.1 Å². The molecule has 2 aliphatic rings. The van der Waals surface area contributed by atoms with Crippen LogP contribution in [0, 0.1) is 0 Å². The lowest BCUT2D eigenvalue weighted by atomic mass is 9.96. The average molecular weight is 556 g/mol. The fraction of sp³-hybridized carbons (Fsp3) is 0.312. The number of thiazole rings is 1. The van der Waals surface area contributed by atoms with E-state index in [0.29, 0.717) is 32.7 Å². The van der Waals surface area contributed by atoms with Crippen molar-refractivity contribution in [2.45, 2.75) is 52.0 Å². The first-order valence-corrected chi connectivity index (χ1v) is 14.6. The van der Waals surface area contributed by atoms with E-state index in [4.69, 9.17) is 4.74 Å². The van der Waals surface area contributed by atoms with Gasteiger partial charge < -0.3 is 9.64 Å². The summed E-state index contributed by atoms with van der Waals surface area (Å²) in [5.74, 6) is -0.718. The fourth-order valence-electron chi connectivity index (χ4n) is 5.39. The summed E-state index contributed by atoms with van der Waals surface area (Å²) >= 11 is 1.19. The van der Waals surface area contributed by atoms with Gasteiger partial charge in [0, 0.05) is 12.1 Å². The standard InChI is InChI=1S/C32H33N3O4S/c1-4-6-7-8-14-19-34-24-18-13-12-17-23(24)26(29(34)36)28-30(37)35-27(22-15-10-9-11-16-22)25(31(38)39-20-5-2)21(3)33-32(35)40-28/h5,9-13,15-18,27H,2,4,6-8,14,19-20H2,1,3H3/b28-26-. The zero-order valence-electron chi connectivity index (χ0n) is 22.9. The third kappa shape index (κ3) is 4.99. The molecule has 1 amide bonds. The van der Waals surface area contributed by atoms with Crippen LogP contribution < -0.4 is 19.8 Å². The second-order valence-corrected chi connectivity index (χ2v) is 10.9. The van der Waals surface area contributed by atoms with Crippen LogP contribution in [0.5, 0.6) is 0 Å². The zero-order valence-corrected chi connectivity index (χ0v) is 23.7. The van der Waals surface area contributed by atoms with Gasteiger partial charge in [0.2, 0.25) is 0 Å². The summed E-state index contributed by atoms with van der Waals surface area (Å²) in [5, 5.41) is 0. The van der Waals surface area contributed by atoms with E-state index in [2.05, 4.69) is 18.5 Å². The molecule has 0 bridgehead atoms. The van der Waals surface area contributed by atoms with Crippen molar-refractivity contribution in [3.63, 3.8) is 0 Å². The molecule has 5 rings (SSSR count). The van der Waals surface area contributed by atoms with Crippen molar-refractivity contribution < 1.29 is 14.3 Å². The number of amides is 1. The van der Waals surface area contributed by atoms with Crippen LogP contribution in [0.15, 0.2) is 88.3 Å². The molecule has 8 heteroatoms. The molecule has 2 aliphatic heterocycles. The number of carbonyl (C=O) groups excluding carboxylic acids is 2. The molecule has 1 atom stereocenters. The second kappa shape index (κ2) is 12.0. The number of nitrogens with zero attached hydrogens (tertiary/aromatic N) is 3. The van der Waals surface area contributed by atoms with Crippen molar-refractivity contribution in [3.05, 3.63) is 109 Å². The fourth-order valence-corrected chi connectivity index (χ4v) is 6.53. The zero-order chi connectivity index (χ0) is 28.2. The van der Waals surface area contributed by atoms with E-state index in [9.17, 15) is 14.4 Å². The Morgan fingerprint density at radius 2 is 1.77 bits per heavy atom. The van der Waals surface area contributed by atoms with Gasteiger partial charge in [-0.3, -0.25) is 14.2 Å². The third-order valence-electron chi connectivity index (χ3n) is 7.30. The monoisotopic (exact) mass is 555 g/mol. The van der Waals surface area contributed by atoms with Gasteiger partial charge in [-0.25, -0.2) is 9.79 Å². The minimum absolute atomic E-state index is 0.0469. The smallest absolute Gasteiger partial charge is 0.338 e. The number of benzene rings is 2. The molecule has 0 fully saturated rings. The molecule has 206 valence electrons. The maximum Gasteiger partial charge on any atom is 0.338 e. The SMILES string of the molecule is C=CCOC(=O)C1=C(C)N=c2s/c(=C3\C(=O)N(CCCCCCC)c4ccccc43)c(=O)n2C1c1ccccc1. The molecule has 1 unspecified atom stereocenters. The number of hydrogen-bond acceptors (Lipinski definition) is 6. The Balaban J connectivity index is 1.65. The largest absolute Gasteiger partial charge is 0.458 e. The lowest BCUT2D eigenvalue weighted by molar-refractivity contribution is -0.138. The second-order valence-electron chi connectivity index (χ2n) is 9.96. The molecule has 0 saturated carbocycles. The molecule has 7 nitrogen and oxygen atoms in total. The van der Waals surface area contributed by atoms with Gasteiger partial charge in [0.1, 0.15) is 11.1 Å². The molecule has 40 heavy (non-hydrogen) atoms. The highest BCUT2D eigenvalue weighted by molar-refractivity contribution is 7.07. The Bertz CT molecular complexity index is 1670. The highest BCUT2D eigenvalue weighted by atomic mass is 32.1. The third-order valence-corrected chi connectivity index (χ3v) is 8.35. The quantitative estimate of drug-likeness (QED) is 0.207. The number of para-hydroxylation sites is 1. The molecule has 3 heterocycles. The first-order chi connectivity index (χ1) is 19.5. The molecular weight excluding hydrogens is 522 g/mol. The summed E-state index contributed by atoms with van der Waals surface area (Å²) < 4.78 is 7.26. The van der Waals surface area contributed by atoms with Gasteiger partial charge >= 0.3 is 5.97 Å². The van der Waals surface area contributed by atoms with Gasteiger partial charge in [-0.1, -0.05) is 105 Å². The predicted octanol–water partition coefficient (Wildman–Crippen LogP) is 4.65. The van der Waals surface area contributed by atoms with Gasteiger partial charge in [0.25, 0.3) is 11.5 Å².